The van der Waals surface area contributed by atoms with Crippen LogP contribution in [0.25, 0.3) is 66.2 Å². The Morgan fingerprint density at radius 3 is 1.82 bits per heavy atom. The van der Waals surface area contributed by atoms with Gasteiger partial charge in [-0.15, -0.1) is 0 Å². The third kappa shape index (κ3) is 2.78. The van der Waals surface area contributed by atoms with Crippen molar-refractivity contribution in [3.8, 4) is 33.9 Å². The fourth-order valence-corrected chi connectivity index (χ4v) is 5.06. The molecule has 0 fully saturated rings. The fraction of sp³-hybridized carbons (Fsp3) is 0. The smallest absolute Gasteiger partial charge is 0.139 e. The van der Waals surface area contributed by atoms with Gasteiger partial charge in [0.2, 0.25) is 0 Å². The lowest BCUT2D eigenvalue weighted by molar-refractivity contribution is 1.32. The second-order valence-corrected chi connectivity index (χ2v) is 8.51. The predicted octanol–water partition coefficient (Wildman–Crippen LogP) is 8.31. The Hall–Kier alpha value is -4.43. The topological polar surface area (TPSA) is 28.7 Å². The monoisotopic (exact) mass is 420 g/mol. The van der Waals surface area contributed by atoms with Crippen LogP contribution in [0.15, 0.2) is 115 Å². The highest BCUT2D eigenvalue weighted by Crippen LogP contribution is 2.40. The lowest BCUT2D eigenvalue weighted by Crippen LogP contribution is -1.88. The molecule has 0 atom stereocenters. The van der Waals surface area contributed by atoms with Crippen LogP contribution in [0, 0.1) is 0 Å². The Balaban J connectivity index is 1.53. The minimum atomic E-state index is 0.894. The number of nitrogens with one attached hydrogen (secondary N) is 1. The van der Waals surface area contributed by atoms with Crippen molar-refractivity contribution in [3.63, 3.8) is 0 Å². The Morgan fingerprint density at radius 1 is 0.485 bits per heavy atom. The first-order chi connectivity index (χ1) is 16.4. The minimum Gasteiger partial charge on any atom is -0.337 e. The number of aromatic amines is 1. The van der Waals surface area contributed by atoms with Gasteiger partial charge in [-0.2, -0.15) is 0 Å². The molecule has 2 heteroatoms. The molecule has 0 aliphatic rings. The summed E-state index contributed by atoms with van der Waals surface area (Å²) in [4.78, 5) is 8.83. The van der Waals surface area contributed by atoms with Crippen molar-refractivity contribution in [2.45, 2.75) is 0 Å². The highest BCUT2D eigenvalue weighted by atomic mass is 14.9. The zero-order valence-corrected chi connectivity index (χ0v) is 17.9. The summed E-state index contributed by atoms with van der Waals surface area (Å²) in [7, 11) is 0. The first-order valence-electron chi connectivity index (χ1n) is 11.2. The summed E-state index contributed by atoms with van der Waals surface area (Å²) in [6, 6.07) is 40.7. The summed E-state index contributed by atoms with van der Waals surface area (Å²) in [6.07, 6.45) is 0. The van der Waals surface area contributed by atoms with E-state index in [2.05, 4.69) is 108 Å². The quantitative estimate of drug-likeness (QED) is 0.286. The first-order valence-corrected chi connectivity index (χ1v) is 11.2. The highest BCUT2D eigenvalue weighted by Gasteiger charge is 2.18. The van der Waals surface area contributed by atoms with Gasteiger partial charge in [-0.3, -0.25) is 0 Å². The van der Waals surface area contributed by atoms with Gasteiger partial charge in [0.05, 0.1) is 11.4 Å². The normalized spacial score (nSPS) is 11.6. The first kappa shape index (κ1) is 18.2. The van der Waals surface area contributed by atoms with Gasteiger partial charge in [0.15, 0.2) is 0 Å². The molecule has 1 aromatic heterocycles. The van der Waals surface area contributed by atoms with Crippen LogP contribution in [-0.4, -0.2) is 9.97 Å². The molecule has 2 nitrogen and oxygen atoms in total. The predicted molar refractivity (Wildman–Crippen MR) is 139 cm³/mol. The van der Waals surface area contributed by atoms with Gasteiger partial charge in [-0.25, -0.2) is 4.98 Å². The maximum atomic E-state index is 5.15. The van der Waals surface area contributed by atoms with Crippen molar-refractivity contribution < 1.29 is 0 Å². The Bertz CT molecular complexity index is 1670. The second-order valence-electron chi connectivity index (χ2n) is 8.51. The van der Waals surface area contributed by atoms with E-state index in [-0.39, 0.29) is 0 Å². The summed E-state index contributed by atoms with van der Waals surface area (Å²) in [5.74, 6) is 0.894. The molecule has 154 valence electrons. The van der Waals surface area contributed by atoms with Gasteiger partial charge < -0.3 is 4.98 Å². The average Bonchev–Trinajstić information content (AvgIpc) is 3.34. The number of nitrogens with zero attached hydrogens (tertiary/aromatic N) is 1. The zero-order valence-electron chi connectivity index (χ0n) is 17.9. The molecule has 0 aliphatic heterocycles. The number of hydrogen-bond donors (Lipinski definition) is 1. The Kier molecular flexibility index (Phi) is 3.88. The van der Waals surface area contributed by atoms with Gasteiger partial charge in [-0.05, 0) is 32.3 Å². The lowest BCUT2D eigenvalue weighted by atomic mass is 9.92. The van der Waals surface area contributed by atoms with Crippen molar-refractivity contribution in [2.75, 3.05) is 0 Å². The fourth-order valence-electron chi connectivity index (χ4n) is 5.06. The molecule has 0 radical (unpaired) electrons. The van der Waals surface area contributed by atoms with Crippen LogP contribution < -0.4 is 0 Å². The molecular weight excluding hydrogens is 400 g/mol. The van der Waals surface area contributed by atoms with Crippen LogP contribution in [0.2, 0.25) is 0 Å². The summed E-state index contributed by atoms with van der Waals surface area (Å²) >= 11 is 0. The molecule has 1 heterocycles. The number of aromatic nitrogens is 2. The van der Waals surface area contributed by atoms with Crippen LogP contribution in [0.4, 0.5) is 0 Å². The molecule has 6 aromatic carbocycles. The van der Waals surface area contributed by atoms with Crippen molar-refractivity contribution in [1.29, 1.82) is 0 Å². The molecular formula is C31H20N2. The van der Waals surface area contributed by atoms with Crippen molar-refractivity contribution >= 4 is 32.3 Å². The number of imidazole rings is 1. The summed E-state index contributed by atoms with van der Waals surface area (Å²) < 4.78 is 0. The van der Waals surface area contributed by atoms with Crippen molar-refractivity contribution in [3.05, 3.63) is 115 Å². The van der Waals surface area contributed by atoms with Crippen molar-refractivity contribution in [2.24, 2.45) is 0 Å². The number of H-pyrrole nitrogens is 1. The van der Waals surface area contributed by atoms with Gasteiger partial charge >= 0.3 is 0 Å². The van der Waals surface area contributed by atoms with Gasteiger partial charge in [0.1, 0.15) is 5.82 Å². The molecule has 7 rings (SSSR count). The molecule has 0 saturated heterocycles. The Labute approximate surface area is 191 Å². The summed E-state index contributed by atoms with van der Waals surface area (Å²) in [5.41, 5.74) is 5.38. The second kappa shape index (κ2) is 7.04. The van der Waals surface area contributed by atoms with Crippen LogP contribution >= 0.6 is 0 Å². The molecule has 0 spiro atoms. The minimum absolute atomic E-state index is 0.894. The largest absolute Gasteiger partial charge is 0.337 e. The molecule has 7 aromatic rings. The molecule has 0 amide bonds. The van der Waals surface area contributed by atoms with Crippen LogP contribution in [0.5, 0.6) is 0 Å². The number of rotatable bonds is 3. The highest BCUT2D eigenvalue weighted by molar-refractivity contribution is 6.25. The van der Waals surface area contributed by atoms with Crippen LogP contribution in [0.1, 0.15) is 0 Å². The SMILES string of the molecule is c1ccc(-c2nc(-c3ccc4ccc5cccc6ccc3c4c56)[nH]c2-c2ccccc2)cc1. The van der Waals surface area contributed by atoms with E-state index in [0.717, 1.165) is 33.9 Å². The van der Waals surface area contributed by atoms with E-state index in [1.165, 1.54) is 32.3 Å². The number of benzene rings is 6. The maximum absolute atomic E-state index is 5.15. The third-order valence-corrected chi connectivity index (χ3v) is 6.60. The summed E-state index contributed by atoms with van der Waals surface area (Å²) in [5, 5.41) is 7.67. The van der Waals surface area contributed by atoms with Gasteiger partial charge in [0.25, 0.3) is 0 Å². The number of hydrogen-bond acceptors (Lipinski definition) is 1. The van der Waals surface area contributed by atoms with Gasteiger partial charge in [-0.1, -0.05) is 115 Å². The molecule has 0 saturated carbocycles. The van der Waals surface area contributed by atoms with E-state index in [4.69, 9.17) is 4.98 Å². The molecule has 1 N–H and O–H groups in total. The standard InChI is InChI=1S/C31H20N2/c1-3-8-23(9-4-1)29-30(24-10-5-2-6-11-24)33-31(32-29)26-19-17-22-15-14-20-12-7-13-21-16-18-25(26)28(22)27(20)21/h1-19H,(H,32,33). The molecule has 0 bridgehead atoms. The van der Waals surface area contributed by atoms with E-state index in [1.807, 2.05) is 12.1 Å². The van der Waals surface area contributed by atoms with E-state index < -0.39 is 0 Å². The van der Waals surface area contributed by atoms with Gasteiger partial charge in [0, 0.05) is 16.7 Å². The maximum Gasteiger partial charge on any atom is 0.139 e. The third-order valence-electron chi connectivity index (χ3n) is 6.60. The van der Waals surface area contributed by atoms with E-state index >= 15 is 0 Å². The summed E-state index contributed by atoms with van der Waals surface area (Å²) in [6.45, 7) is 0. The van der Waals surface area contributed by atoms with E-state index in [0.29, 0.717) is 0 Å². The molecule has 33 heavy (non-hydrogen) atoms. The van der Waals surface area contributed by atoms with Crippen LogP contribution in [0.3, 0.4) is 0 Å². The molecule has 0 aliphatic carbocycles. The average molecular weight is 421 g/mol. The molecule has 0 unspecified atom stereocenters. The zero-order chi connectivity index (χ0) is 21.8. The van der Waals surface area contributed by atoms with Crippen LogP contribution in [-0.2, 0) is 0 Å². The van der Waals surface area contributed by atoms with E-state index in [1.54, 1.807) is 0 Å². The lowest BCUT2D eigenvalue weighted by Gasteiger charge is -2.12. The van der Waals surface area contributed by atoms with Crippen molar-refractivity contribution in [1.82, 2.24) is 9.97 Å². The Morgan fingerprint density at radius 2 is 1.09 bits per heavy atom. The van der Waals surface area contributed by atoms with E-state index in [9.17, 15) is 0 Å².